The molecule has 1 aromatic rings. The van der Waals surface area contributed by atoms with E-state index in [1.807, 2.05) is 0 Å². The van der Waals surface area contributed by atoms with Gasteiger partial charge in [-0.15, -0.1) is 0 Å². The quantitative estimate of drug-likeness (QED) is 0.596. The Bertz CT molecular complexity index is 219. The van der Waals surface area contributed by atoms with Crippen molar-refractivity contribution in [2.24, 2.45) is 0 Å². The summed E-state index contributed by atoms with van der Waals surface area (Å²) in [4.78, 5) is 0. The number of hydrogen-bond acceptors (Lipinski definition) is 0. The molecule has 0 heteroatoms. The van der Waals surface area contributed by atoms with Crippen LogP contribution in [-0.2, 0) is 0 Å². The van der Waals surface area contributed by atoms with Crippen LogP contribution in [0.25, 0.3) is 0 Å². The number of benzene rings is 1. The summed E-state index contributed by atoms with van der Waals surface area (Å²) < 4.78 is 0. The monoisotopic (exact) mass is 176 g/mol. The van der Waals surface area contributed by atoms with E-state index >= 15 is 0 Å². The molecule has 1 saturated carbocycles. The summed E-state index contributed by atoms with van der Waals surface area (Å²) in [7, 11) is 0. The average Bonchev–Trinajstić information content (AvgIpc) is 2.21. The third kappa shape index (κ3) is 2.58. The Kier molecular flexibility index (Phi) is 4.01. The molecule has 72 valence electrons. The molecule has 0 N–H and O–H groups in total. The smallest absolute Gasteiger partial charge is 0.0162 e. The molecule has 1 aliphatic carbocycles. The summed E-state index contributed by atoms with van der Waals surface area (Å²) in [5, 5.41) is 0. The van der Waals surface area contributed by atoms with Crippen LogP contribution in [0.5, 0.6) is 0 Å². The zero-order valence-corrected chi connectivity index (χ0v) is 7.50. The van der Waals surface area contributed by atoms with Crippen LogP contribution in [-0.4, -0.2) is 0 Å². The van der Waals surface area contributed by atoms with Gasteiger partial charge in [0.15, 0.2) is 0 Å². The van der Waals surface area contributed by atoms with Crippen LogP contribution in [0.3, 0.4) is 0 Å². The standard InChI is InChI=1S/C12H16.CH4/c1-3-7-11(8-4-1)12-9-5-2-6-10-12;/h1,3-4,7-8,12H,2,5-6,9-10H2;1H4. The first-order valence-electron chi connectivity index (χ1n) is 5.02. The summed E-state index contributed by atoms with van der Waals surface area (Å²) in [5.74, 6) is 0.861. The lowest BCUT2D eigenvalue weighted by atomic mass is 9.84. The van der Waals surface area contributed by atoms with Gasteiger partial charge in [-0.3, -0.25) is 0 Å². The molecule has 0 amide bonds. The minimum atomic E-state index is 0. The maximum atomic E-state index is 2.27. The van der Waals surface area contributed by atoms with Gasteiger partial charge in [-0.2, -0.15) is 0 Å². The molecular weight excluding hydrogens is 156 g/mol. The Balaban J connectivity index is 0.000000845. The maximum Gasteiger partial charge on any atom is -0.0162 e. The third-order valence-corrected chi connectivity index (χ3v) is 2.88. The van der Waals surface area contributed by atoms with E-state index in [-0.39, 0.29) is 7.43 Å². The minimum Gasteiger partial charge on any atom is -0.0776 e. The number of rotatable bonds is 1. The predicted molar refractivity (Wildman–Crippen MR) is 59.0 cm³/mol. The van der Waals surface area contributed by atoms with Gasteiger partial charge < -0.3 is 0 Å². The average molecular weight is 176 g/mol. The molecule has 1 fully saturated rings. The molecule has 0 aliphatic heterocycles. The van der Waals surface area contributed by atoms with Crippen molar-refractivity contribution in [3.8, 4) is 0 Å². The van der Waals surface area contributed by atoms with E-state index in [1.54, 1.807) is 5.56 Å². The highest BCUT2D eigenvalue weighted by Crippen LogP contribution is 2.31. The fourth-order valence-electron chi connectivity index (χ4n) is 2.16. The first-order valence-corrected chi connectivity index (χ1v) is 5.02. The predicted octanol–water partition coefficient (Wildman–Crippen LogP) is 4.37. The fraction of sp³-hybridized carbons (Fsp3) is 0.538. The highest BCUT2D eigenvalue weighted by Gasteiger charge is 2.14. The molecule has 1 aromatic carbocycles. The Morgan fingerprint density at radius 1 is 0.846 bits per heavy atom. The summed E-state index contributed by atoms with van der Waals surface area (Å²) in [6.45, 7) is 0. The Labute approximate surface area is 82.0 Å². The van der Waals surface area contributed by atoms with Gasteiger partial charge in [0.2, 0.25) is 0 Å². The van der Waals surface area contributed by atoms with Gasteiger partial charge in [-0.1, -0.05) is 57.0 Å². The van der Waals surface area contributed by atoms with Crippen LogP contribution in [0.2, 0.25) is 0 Å². The van der Waals surface area contributed by atoms with Crippen LogP contribution < -0.4 is 0 Å². The van der Waals surface area contributed by atoms with Crippen LogP contribution in [0.4, 0.5) is 0 Å². The van der Waals surface area contributed by atoms with Crippen molar-refractivity contribution in [1.29, 1.82) is 0 Å². The Morgan fingerprint density at radius 2 is 1.46 bits per heavy atom. The number of hydrogen-bond donors (Lipinski definition) is 0. The molecule has 2 rings (SSSR count). The summed E-state index contributed by atoms with van der Waals surface area (Å²) in [5.41, 5.74) is 1.55. The Morgan fingerprint density at radius 3 is 2.08 bits per heavy atom. The van der Waals surface area contributed by atoms with Crippen LogP contribution in [0.15, 0.2) is 30.3 Å². The largest absolute Gasteiger partial charge is 0.0776 e. The lowest BCUT2D eigenvalue weighted by Gasteiger charge is -2.21. The first-order chi connectivity index (χ1) is 5.97. The SMILES string of the molecule is C.c1ccc(C2CCCCC2)cc1. The molecule has 1 aliphatic rings. The van der Waals surface area contributed by atoms with Gasteiger partial charge in [-0.25, -0.2) is 0 Å². The molecule has 0 radical (unpaired) electrons. The second-order valence-corrected chi connectivity index (χ2v) is 3.75. The highest BCUT2D eigenvalue weighted by molar-refractivity contribution is 5.19. The molecule has 13 heavy (non-hydrogen) atoms. The first kappa shape index (κ1) is 10.3. The molecular formula is C13H20. The van der Waals surface area contributed by atoms with Gasteiger partial charge in [-0.05, 0) is 24.3 Å². The summed E-state index contributed by atoms with van der Waals surface area (Å²) >= 11 is 0. The highest BCUT2D eigenvalue weighted by atomic mass is 14.2. The summed E-state index contributed by atoms with van der Waals surface area (Å²) in [6.07, 6.45) is 7.12. The molecule has 0 bridgehead atoms. The van der Waals surface area contributed by atoms with Gasteiger partial charge >= 0.3 is 0 Å². The summed E-state index contributed by atoms with van der Waals surface area (Å²) in [6, 6.07) is 11.0. The third-order valence-electron chi connectivity index (χ3n) is 2.88. The van der Waals surface area contributed by atoms with Crippen molar-refractivity contribution in [3.05, 3.63) is 35.9 Å². The lowest BCUT2D eigenvalue weighted by molar-refractivity contribution is 0.443. The van der Waals surface area contributed by atoms with E-state index in [0.717, 1.165) is 5.92 Å². The molecule has 0 atom stereocenters. The van der Waals surface area contributed by atoms with Crippen molar-refractivity contribution in [2.45, 2.75) is 45.4 Å². The van der Waals surface area contributed by atoms with Gasteiger partial charge in [0.25, 0.3) is 0 Å². The van der Waals surface area contributed by atoms with Crippen LogP contribution >= 0.6 is 0 Å². The topological polar surface area (TPSA) is 0 Å². The van der Waals surface area contributed by atoms with Gasteiger partial charge in [0.1, 0.15) is 0 Å². The zero-order chi connectivity index (χ0) is 8.23. The van der Waals surface area contributed by atoms with Crippen molar-refractivity contribution in [1.82, 2.24) is 0 Å². The van der Waals surface area contributed by atoms with E-state index in [1.165, 1.54) is 32.1 Å². The zero-order valence-electron chi connectivity index (χ0n) is 7.50. The van der Waals surface area contributed by atoms with Crippen LogP contribution in [0.1, 0.15) is 51.0 Å². The van der Waals surface area contributed by atoms with E-state index in [4.69, 9.17) is 0 Å². The second kappa shape index (κ2) is 5.06. The van der Waals surface area contributed by atoms with Crippen molar-refractivity contribution in [2.75, 3.05) is 0 Å². The molecule has 0 spiro atoms. The van der Waals surface area contributed by atoms with E-state index < -0.39 is 0 Å². The van der Waals surface area contributed by atoms with Gasteiger partial charge in [0.05, 0.1) is 0 Å². The molecule has 0 aromatic heterocycles. The van der Waals surface area contributed by atoms with E-state index in [2.05, 4.69) is 30.3 Å². The molecule has 0 heterocycles. The minimum absolute atomic E-state index is 0. The van der Waals surface area contributed by atoms with Gasteiger partial charge in [0, 0.05) is 0 Å². The van der Waals surface area contributed by atoms with Crippen molar-refractivity contribution >= 4 is 0 Å². The van der Waals surface area contributed by atoms with E-state index in [9.17, 15) is 0 Å². The van der Waals surface area contributed by atoms with Crippen molar-refractivity contribution < 1.29 is 0 Å². The second-order valence-electron chi connectivity index (χ2n) is 3.75. The Hall–Kier alpha value is -0.780. The molecule has 0 unspecified atom stereocenters. The molecule has 0 saturated heterocycles. The molecule has 0 nitrogen and oxygen atoms in total. The normalized spacial score (nSPS) is 17.8. The van der Waals surface area contributed by atoms with Crippen molar-refractivity contribution in [3.63, 3.8) is 0 Å². The van der Waals surface area contributed by atoms with Crippen LogP contribution in [0, 0.1) is 0 Å². The van der Waals surface area contributed by atoms with E-state index in [0.29, 0.717) is 0 Å². The lowest BCUT2D eigenvalue weighted by Crippen LogP contribution is -2.03. The maximum absolute atomic E-state index is 2.27. The fourth-order valence-corrected chi connectivity index (χ4v) is 2.16.